The van der Waals surface area contributed by atoms with Crippen LogP contribution in [0.5, 0.6) is 0 Å². The van der Waals surface area contributed by atoms with Crippen LogP contribution in [0.15, 0.2) is 65.7 Å². The number of hydrogen-bond donors (Lipinski definition) is 2. The van der Waals surface area contributed by atoms with E-state index in [4.69, 9.17) is 5.73 Å². The third kappa shape index (κ3) is 6.26. The number of likely N-dealkylation sites (tertiary alicyclic amines) is 1. The summed E-state index contributed by atoms with van der Waals surface area (Å²) in [6.45, 7) is 5.48. The highest BCUT2D eigenvalue weighted by Crippen LogP contribution is 2.27. The number of aryl methyl sites for hydroxylation is 2. The van der Waals surface area contributed by atoms with Crippen LogP contribution in [0.1, 0.15) is 44.2 Å². The molecule has 0 spiro atoms. The SMILES string of the molecule is CC.Cn1nc2c(=O)n(CC3(O)CCN(C(=O)CCc4ccccc4)CC3)cnc2c1-c1ccc(CN)cc1. The van der Waals surface area contributed by atoms with Gasteiger partial charge in [-0.1, -0.05) is 68.4 Å². The zero-order valence-corrected chi connectivity index (χ0v) is 23.0. The fourth-order valence-corrected chi connectivity index (χ4v) is 5.03. The molecule has 1 saturated heterocycles. The van der Waals surface area contributed by atoms with E-state index in [0.29, 0.717) is 50.8 Å². The monoisotopic (exact) mass is 530 g/mol. The second-order valence-corrected chi connectivity index (χ2v) is 9.84. The van der Waals surface area contributed by atoms with Gasteiger partial charge in [0, 0.05) is 38.7 Å². The van der Waals surface area contributed by atoms with E-state index in [1.54, 1.807) is 11.7 Å². The van der Waals surface area contributed by atoms with Crippen LogP contribution in [-0.2, 0) is 31.4 Å². The molecule has 0 atom stereocenters. The lowest BCUT2D eigenvalue weighted by Gasteiger charge is -2.38. The highest BCUT2D eigenvalue weighted by atomic mass is 16.3. The van der Waals surface area contributed by atoms with Crippen molar-refractivity contribution >= 4 is 16.9 Å². The molecule has 1 amide bonds. The lowest BCUT2D eigenvalue weighted by Crippen LogP contribution is -2.49. The zero-order valence-electron chi connectivity index (χ0n) is 23.0. The average molecular weight is 531 g/mol. The number of nitrogens with zero attached hydrogens (tertiary/aromatic N) is 5. The van der Waals surface area contributed by atoms with E-state index in [9.17, 15) is 14.7 Å². The highest BCUT2D eigenvalue weighted by molar-refractivity contribution is 5.89. The molecule has 5 rings (SSSR count). The molecular formula is C30H38N6O3. The Bertz CT molecular complexity index is 1450. The van der Waals surface area contributed by atoms with E-state index in [1.807, 2.05) is 73.3 Å². The number of aromatic nitrogens is 4. The Hall–Kier alpha value is -3.82. The van der Waals surface area contributed by atoms with E-state index in [1.165, 1.54) is 10.9 Å². The van der Waals surface area contributed by atoms with Gasteiger partial charge in [-0.2, -0.15) is 5.10 Å². The van der Waals surface area contributed by atoms with Gasteiger partial charge in [0.25, 0.3) is 5.56 Å². The summed E-state index contributed by atoms with van der Waals surface area (Å²) in [6, 6.07) is 17.7. The molecule has 0 unspecified atom stereocenters. The normalized spacial score (nSPS) is 14.6. The second-order valence-electron chi connectivity index (χ2n) is 9.84. The van der Waals surface area contributed by atoms with E-state index in [2.05, 4.69) is 10.1 Å². The van der Waals surface area contributed by atoms with Crippen LogP contribution in [0, 0.1) is 0 Å². The van der Waals surface area contributed by atoms with Gasteiger partial charge in [-0.3, -0.25) is 18.8 Å². The van der Waals surface area contributed by atoms with Crippen LogP contribution in [0.3, 0.4) is 0 Å². The Morgan fingerprint density at radius 2 is 1.67 bits per heavy atom. The fourth-order valence-electron chi connectivity index (χ4n) is 5.03. The summed E-state index contributed by atoms with van der Waals surface area (Å²) in [7, 11) is 1.79. The molecular weight excluding hydrogens is 492 g/mol. The molecule has 3 heterocycles. The molecule has 9 nitrogen and oxygen atoms in total. The smallest absolute Gasteiger partial charge is 0.281 e. The molecule has 3 N–H and O–H groups in total. The molecule has 0 bridgehead atoms. The van der Waals surface area contributed by atoms with Gasteiger partial charge in [0.05, 0.1) is 24.2 Å². The maximum Gasteiger partial charge on any atom is 0.281 e. The first-order valence-electron chi connectivity index (χ1n) is 13.6. The molecule has 2 aromatic heterocycles. The van der Waals surface area contributed by atoms with Crippen LogP contribution in [-0.4, -0.2) is 53.9 Å². The van der Waals surface area contributed by atoms with Gasteiger partial charge in [-0.15, -0.1) is 0 Å². The zero-order chi connectivity index (χ0) is 28.0. The molecule has 0 aliphatic carbocycles. The first-order valence-corrected chi connectivity index (χ1v) is 13.6. The summed E-state index contributed by atoms with van der Waals surface area (Å²) >= 11 is 0. The number of piperidine rings is 1. The van der Waals surface area contributed by atoms with Crippen LogP contribution in [0.25, 0.3) is 22.3 Å². The van der Waals surface area contributed by atoms with Gasteiger partial charge in [0.1, 0.15) is 5.52 Å². The Labute approximate surface area is 228 Å². The second kappa shape index (κ2) is 12.4. The summed E-state index contributed by atoms with van der Waals surface area (Å²) in [5, 5.41) is 15.7. The molecule has 1 aliphatic rings. The molecule has 0 radical (unpaired) electrons. The van der Waals surface area contributed by atoms with E-state index in [-0.39, 0.29) is 23.5 Å². The van der Waals surface area contributed by atoms with E-state index < -0.39 is 5.60 Å². The minimum Gasteiger partial charge on any atom is -0.388 e. The van der Waals surface area contributed by atoms with Crippen molar-refractivity contribution in [2.45, 2.75) is 58.2 Å². The molecule has 0 saturated carbocycles. The average Bonchev–Trinajstić information content (AvgIpc) is 3.32. The van der Waals surface area contributed by atoms with Gasteiger partial charge >= 0.3 is 0 Å². The predicted molar refractivity (Wildman–Crippen MR) is 153 cm³/mol. The number of rotatable bonds is 7. The van der Waals surface area contributed by atoms with Crippen molar-refractivity contribution in [3.63, 3.8) is 0 Å². The van der Waals surface area contributed by atoms with Crippen LogP contribution in [0.4, 0.5) is 0 Å². The lowest BCUT2D eigenvalue weighted by atomic mass is 9.91. The number of carbonyl (C=O) groups excluding carboxylic acids is 1. The van der Waals surface area contributed by atoms with Gasteiger partial charge in [0.2, 0.25) is 5.91 Å². The van der Waals surface area contributed by atoms with Crippen molar-refractivity contribution in [1.82, 2.24) is 24.2 Å². The number of amides is 1. The summed E-state index contributed by atoms with van der Waals surface area (Å²) in [5.41, 5.74) is 8.91. The van der Waals surface area contributed by atoms with E-state index >= 15 is 0 Å². The standard InChI is InChI=1S/C28H32N6O3.C2H6/c1-32-26(22-10-7-21(17-29)8-11-22)24-25(31-32)27(36)34(19-30-24)18-28(37)13-15-33(16-14-28)23(35)12-9-20-5-3-2-4-6-20;1-2/h2-8,10-11,19,37H,9,12-18,29H2,1H3;1-2H3. The highest BCUT2D eigenvalue weighted by Gasteiger charge is 2.35. The number of carbonyl (C=O) groups is 1. The lowest BCUT2D eigenvalue weighted by molar-refractivity contribution is -0.135. The van der Waals surface area contributed by atoms with Crippen molar-refractivity contribution in [2.24, 2.45) is 12.8 Å². The number of nitrogens with two attached hydrogens (primary N) is 1. The number of fused-ring (bicyclic) bond motifs is 1. The molecule has 2 aromatic carbocycles. The van der Waals surface area contributed by atoms with Crippen LogP contribution in [0.2, 0.25) is 0 Å². The maximum absolute atomic E-state index is 13.3. The summed E-state index contributed by atoms with van der Waals surface area (Å²) in [5.74, 6) is 0.0895. The van der Waals surface area contributed by atoms with Crippen molar-refractivity contribution in [2.75, 3.05) is 13.1 Å². The minimum absolute atomic E-state index is 0.0895. The van der Waals surface area contributed by atoms with Gasteiger partial charge in [-0.25, -0.2) is 4.98 Å². The Kier molecular flexibility index (Phi) is 8.93. The number of benzene rings is 2. The Morgan fingerprint density at radius 3 is 2.31 bits per heavy atom. The van der Waals surface area contributed by atoms with Gasteiger partial charge in [0.15, 0.2) is 5.52 Å². The van der Waals surface area contributed by atoms with Gasteiger partial charge in [-0.05, 0) is 30.4 Å². The topological polar surface area (TPSA) is 119 Å². The first-order chi connectivity index (χ1) is 18.9. The summed E-state index contributed by atoms with van der Waals surface area (Å²) < 4.78 is 3.10. The molecule has 4 aromatic rings. The predicted octanol–water partition coefficient (Wildman–Crippen LogP) is 3.27. The largest absolute Gasteiger partial charge is 0.388 e. The fraction of sp³-hybridized carbons (Fsp3) is 0.400. The van der Waals surface area contributed by atoms with Crippen LogP contribution >= 0.6 is 0 Å². The third-order valence-electron chi connectivity index (χ3n) is 7.26. The Balaban J connectivity index is 0.00000172. The number of aliphatic hydroxyl groups is 1. The summed E-state index contributed by atoms with van der Waals surface area (Å²) in [4.78, 5) is 32.3. The summed E-state index contributed by atoms with van der Waals surface area (Å²) in [6.07, 6.45) is 3.43. The number of hydrogen-bond acceptors (Lipinski definition) is 6. The van der Waals surface area contributed by atoms with Gasteiger partial charge < -0.3 is 15.7 Å². The molecule has 39 heavy (non-hydrogen) atoms. The third-order valence-corrected chi connectivity index (χ3v) is 7.26. The maximum atomic E-state index is 13.3. The Morgan fingerprint density at radius 1 is 1.00 bits per heavy atom. The molecule has 9 heteroatoms. The van der Waals surface area contributed by atoms with Crippen molar-refractivity contribution in [3.8, 4) is 11.3 Å². The quantitative estimate of drug-likeness (QED) is 0.379. The van der Waals surface area contributed by atoms with Crippen molar-refractivity contribution in [1.29, 1.82) is 0 Å². The van der Waals surface area contributed by atoms with Crippen LogP contribution < -0.4 is 11.3 Å². The first kappa shape index (κ1) is 28.2. The molecule has 1 aliphatic heterocycles. The minimum atomic E-state index is -1.09. The van der Waals surface area contributed by atoms with Crippen molar-refractivity contribution < 1.29 is 9.90 Å². The molecule has 1 fully saturated rings. The van der Waals surface area contributed by atoms with Crippen molar-refractivity contribution in [3.05, 3.63) is 82.4 Å². The molecule has 206 valence electrons. The van der Waals surface area contributed by atoms with E-state index in [0.717, 1.165) is 22.4 Å².